The largest absolute Gasteiger partial charge is 0.354 e. The van der Waals surface area contributed by atoms with Crippen molar-refractivity contribution >= 4 is 23.6 Å². The van der Waals surface area contributed by atoms with Crippen LogP contribution in [0.15, 0.2) is 30.3 Å². The summed E-state index contributed by atoms with van der Waals surface area (Å²) in [4.78, 5) is 27.3. The average molecular weight is 363 g/mol. The molecule has 1 aromatic rings. The predicted octanol–water partition coefficient (Wildman–Crippen LogP) is 3.98. The van der Waals surface area contributed by atoms with Gasteiger partial charge in [-0.1, -0.05) is 70.4 Å². The molecule has 0 aliphatic carbocycles. The summed E-state index contributed by atoms with van der Waals surface area (Å²) in [5.74, 6) is 0.560. The molecule has 2 amide bonds. The van der Waals surface area contributed by atoms with E-state index in [4.69, 9.17) is 0 Å². The van der Waals surface area contributed by atoms with Crippen LogP contribution in [0.25, 0.3) is 0 Å². The third kappa shape index (κ3) is 5.24. The first kappa shape index (κ1) is 19.8. The summed E-state index contributed by atoms with van der Waals surface area (Å²) in [5, 5.41) is 2.96. The molecule has 0 radical (unpaired) electrons. The Morgan fingerprint density at radius 2 is 1.92 bits per heavy atom. The van der Waals surface area contributed by atoms with Crippen LogP contribution in [-0.4, -0.2) is 35.1 Å². The van der Waals surface area contributed by atoms with Crippen molar-refractivity contribution in [3.8, 4) is 0 Å². The number of unbranched alkanes of at least 4 members (excludes halogenated alkanes) is 3. The van der Waals surface area contributed by atoms with Crippen LogP contribution in [0.5, 0.6) is 0 Å². The van der Waals surface area contributed by atoms with E-state index in [9.17, 15) is 9.59 Å². The van der Waals surface area contributed by atoms with Gasteiger partial charge in [0.25, 0.3) is 0 Å². The van der Waals surface area contributed by atoms with Crippen LogP contribution in [-0.2, 0) is 9.59 Å². The second kappa shape index (κ2) is 9.85. The number of rotatable bonds is 8. The molecule has 0 bridgehead atoms. The lowest BCUT2D eigenvalue weighted by Crippen LogP contribution is -2.49. The van der Waals surface area contributed by atoms with Gasteiger partial charge in [0.1, 0.15) is 11.4 Å². The van der Waals surface area contributed by atoms with E-state index in [0.717, 1.165) is 18.4 Å². The van der Waals surface area contributed by atoms with Gasteiger partial charge < -0.3 is 10.2 Å². The highest BCUT2D eigenvalue weighted by Gasteiger charge is 2.42. The molecular weight excluding hydrogens is 332 g/mol. The Morgan fingerprint density at radius 1 is 1.20 bits per heavy atom. The van der Waals surface area contributed by atoms with Crippen LogP contribution in [0.4, 0.5) is 0 Å². The number of carbonyl (C=O) groups excluding carboxylic acids is 2. The fourth-order valence-corrected chi connectivity index (χ4v) is 4.47. The normalized spacial score (nSPS) is 20.1. The van der Waals surface area contributed by atoms with E-state index < -0.39 is 0 Å². The molecule has 1 aliphatic rings. The van der Waals surface area contributed by atoms with Crippen molar-refractivity contribution in [2.75, 3.05) is 12.3 Å². The van der Waals surface area contributed by atoms with Crippen molar-refractivity contribution in [2.24, 2.45) is 5.92 Å². The molecule has 1 fully saturated rings. The Balaban J connectivity index is 2.06. The maximum absolute atomic E-state index is 12.8. The molecule has 4 nitrogen and oxygen atoms in total. The minimum atomic E-state index is -0.378. The number of hydrogen-bond donors (Lipinski definition) is 1. The topological polar surface area (TPSA) is 49.4 Å². The maximum Gasteiger partial charge on any atom is 0.243 e. The molecule has 5 heteroatoms. The van der Waals surface area contributed by atoms with Gasteiger partial charge in [0.15, 0.2) is 0 Å². The fraction of sp³-hybridized carbons (Fsp3) is 0.600. The molecule has 2 rings (SSSR count). The molecule has 1 saturated heterocycles. The van der Waals surface area contributed by atoms with Gasteiger partial charge in [0.2, 0.25) is 11.8 Å². The number of hydrogen-bond acceptors (Lipinski definition) is 3. The lowest BCUT2D eigenvalue weighted by molar-refractivity contribution is -0.142. The standard InChI is InChI=1S/C20H30N2O2S/c1-4-5-6-10-13-21-18(23)17-14-25-20(16-11-8-7-9-12-16)22(17)19(24)15(2)3/h7-9,11-12,15,17,20H,4-6,10,13-14H2,1-3H3,(H,21,23)/t17-,20-/m1/s1. The van der Waals surface area contributed by atoms with Crippen molar-refractivity contribution in [1.82, 2.24) is 10.2 Å². The van der Waals surface area contributed by atoms with Crippen LogP contribution in [0.2, 0.25) is 0 Å². The molecule has 1 aromatic carbocycles. The van der Waals surface area contributed by atoms with Gasteiger partial charge in [0, 0.05) is 18.2 Å². The molecule has 0 saturated carbocycles. The first-order valence-corrected chi connectivity index (χ1v) is 10.4. The molecule has 1 aliphatic heterocycles. The third-order valence-corrected chi connectivity index (χ3v) is 5.79. The SMILES string of the molecule is CCCCCCNC(=O)[C@H]1CS[C@H](c2ccccc2)N1C(=O)C(C)C. The molecule has 0 aromatic heterocycles. The summed E-state index contributed by atoms with van der Waals surface area (Å²) in [6.07, 6.45) is 4.52. The zero-order valence-electron chi connectivity index (χ0n) is 15.5. The number of nitrogens with zero attached hydrogens (tertiary/aromatic N) is 1. The summed E-state index contributed by atoms with van der Waals surface area (Å²) >= 11 is 1.68. The molecule has 1 heterocycles. The molecule has 0 unspecified atom stereocenters. The Bertz CT molecular complexity index is 562. The zero-order valence-corrected chi connectivity index (χ0v) is 16.3. The van der Waals surface area contributed by atoms with E-state index in [-0.39, 0.29) is 29.1 Å². The predicted molar refractivity (Wildman–Crippen MR) is 104 cm³/mol. The van der Waals surface area contributed by atoms with Crippen molar-refractivity contribution in [1.29, 1.82) is 0 Å². The number of thioether (sulfide) groups is 1. The minimum Gasteiger partial charge on any atom is -0.354 e. The lowest BCUT2D eigenvalue weighted by Gasteiger charge is -2.30. The van der Waals surface area contributed by atoms with Crippen molar-refractivity contribution in [3.63, 3.8) is 0 Å². The molecule has 1 N–H and O–H groups in total. The highest BCUT2D eigenvalue weighted by molar-refractivity contribution is 7.99. The van der Waals surface area contributed by atoms with E-state index in [1.165, 1.54) is 12.8 Å². The van der Waals surface area contributed by atoms with Gasteiger partial charge in [-0.3, -0.25) is 9.59 Å². The summed E-state index contributed by atoms with van der Waals surface area (Å²) in [5.41, 5.74) is 1.08. The second-order valence-electron chi connectivity index (χ2n) is 6.86. The van der Waals surface area contributed by atoms with E-state index in [1.54, 1.807) is 16.7 Å². The van der Waals surface area contributed by atoms with Crippen LogP contribution in [0.3, 0.4) is 0 Å². The summed E-state index contributed by atoms with van der Waals surface area (Å²) in [7, 11) is 0. The van der Waals surface area contributed by atoms with Gasteiger partial charge in [-0.25, -0.2) is 0 Å². The van der Waals surface area contributed by atoms with Crippen LogP contribution >= 0.6 is 11.8 Å². The monoisotopic (exact) mass is 362 g/mol. The van der Waals surface area contributed by atoms with Crippen LogP contribution < -0.4 is 5.32 Å². The van der Waals surface area contributed by atoms with E-state index in [2.05, 4.69) is 12.2 Å². The van der Waals surface area contributed by atoms with Crippen LogP contribution in [0.1, 0.15) is 57.4 Å². The number of benzene rings is 1. The fourth-order valence-electron chi connectivity index (χ4n) is 3.03. The molecule has 2 atom stereocenters. The summed E-state index contributed by atoms with van der Waals surface area (Å²) < 4.78 is 0. The Kier molecular flexibility index (Phi) is 7.82. The molecule has 0 spiro atoms. The molecule has 138 valence electrons. The number of nitrogens with one attached hydrogen (secondary N) is 1. The van der Waals surface area contributed by atoms with Gasteiger partial charge >= 0.3 is 0 Å². The lowest BCUT2D eigenvalue weighted by atomic mass is 10.1. The quantitative estimate of drug-likeness (QED) is 0.712. The van der Waals surface area contributed by atoms with Gasteiger partial charge in [0.05, 0.1) is 0 Å². The zero-order chi connectivity index (χ0) is 18.2. The highest BCUT2D eigenvalue weighted by Crippen LogP contribution is 2.42. The highest BCUT2D eigenvalue weighted by atomic mass is 32.2. The molecule has 25 heavy (non-hydrogen) atoms. The Hall–Kier alpha value is -1.49. The number of amides is 2. The van der Waals surface area contributed by atoms with E-state index in [1.807, 2.05) is 44.2 Å². The van der Waals surface area contributed by atoms with Gasteiger partial charge in [-0.2, -0.15) is 0 Å². The van der Waals surface area contributed by atoms with E-state index >= 15 is 0 Å². The third-order valence-electron chi connectivity index (χ3n) is 4.47. The van der Waals surface area contributed by atoms with Crippen LogP contribution in [0, 0.1) is 5.92 Å². The van der Waals surface area contributed by atoms with E-state index in [0.29, 0.717) is 12.3 Å². The molecular formula is C20H30N2O2S. The smallest absolute Gasteiger partial charge is 0.243 e. The second-order valence-corrected chi connectivity index (χ2v) is 7.98. The summed E-state index contributed by atoms with van der Waals surface area (Å²) in [6.45, 7) is 6.66. The average Bonchev–Trinajstić information content (AvgIpc) is 3.06. The first-order chi connectivity index (χ1) is 12.1. The Labute approximate surface area is 155 Å². The van der Waals surface area contributed by atoms with Crippen molar-refractivity contribution < 1.29 is 9.59 Å². The number of carbonyl (C=O) groups is 2. The maximum atomic E-state index is 12.8. The minimum absolute atomic E-state index is 0.0172. The summed E-state index contributed by atoms with van der Waals surface area (Å²) in [6, 6.07) is 9.62. The van der Waals surface area contributed by atoms with Crippen molar-refractivity contribution in [2.45, 2.75) is 57.9 Å². The Morgan fingerprint density at radius 3 is 2.56 bits per heavy atom. The first-order valence-electron chi connectivity index (χ1n) is 9.32. The van der Waals surface area contributed by atoms with Crippen molar-refractivity contribution in [3.05, 3.63) is 35.9 Å². The van der Waals surface area contributed by atoms with Gasteiger partial charge in [-0.05, 0) is 12.0 Å². The van der Waals surface area contributed by atoms with Gasteiger partial charge in [-0.15, -0.1) is 11.8 Å².